The van der Waals surface area contributed by atoms with Crippen LogP contribution in [0.25, 0.3) is 56.0 Å². The fraction of sp³-hybridized carbons (Fsp3) is 0. The smallest absolute Gasteiger partial charge is 0.161 e. The van der Waals surface area contributed by atoms with Crippen molar-refractivity contribution in [2.24, 2.45) is 0 Å². The number of aromatic amines is 2. The highest BCUT2D eigenvalue weighted by Crippen LogP contribution is 2.31. The molecule has 0 amide bonds. The Morgan fingerprint density at radius 3 is 2.53 bits per heavy atom. The maximum atomic E-state index is 4.82. The molecule has 0 aliphatic carbocycles. The van der Waals surface area contributed by atoms with Crippen molar-refractivity contribution in [3.05, 3.63) is 73.6 Å². The van der Waals surface area contributed by atoms with Crippen molar-refractivity contribution in [3.8, 4) is 33.8 Å². The number of imidazole rings is 1. The fourth-order valence-electron chi connectivity index (χ4n) is 3.56. The van der Waals surface area contributed by atoms with E-state index in [4.69, 9.17) is 4.98 Å². The minimum Gasteiger partial charge on any atom is -0.321 e. The number of hydrogen-bond acceptors (Lipinski definition) is 6. The van der Waals surface area contributed by atoms with Gasteiger partial charge >= 0.3 is 0 Å². The van der Waals surface area contributed by atoms with E-state index in [0.29, 0.717) is 22.8 Å². The van der Waals surface area contributed by atoms with Gasteiger partial charge in [-0.25, -0.2) is 15.0 Å². The Balaban J connectivity index is 1.52. The summed E-state index contributed by atoms with van der Waals surface area (Å²) in [4.78, 5) is 25.4. The summed E-state index contributed by atoms with van der Waals surface area (Å²) in [5, 5.41) is 8.33. The van der Waals surface area contributed by atoms with Crippen LogP contribution in [0.2, 0.25) is 0 Å². The van der Waals surface area contributed by atoms with Gasteiger partial charge in [-0.3, -0.25) is 15.1 Å². The van der Waals surface area contributed by atoms with Gasteiger partial charge in [-0.05, 0) is 35.9 Å². The van der Waals surface area contributed by atoms with E-state index in [2.05, 4.69) is 35.1 Å². The number of fused-ring (bicyclic) bond motifs is 2. The van der Waals surface area contributed by atoms with Crippen molar-refractivity contribution in [3.63, 3.8) is 0 Å². The summed E-state index contributed by atoms with van der Waals surface area (Å²) in [5.41, 5.74) is 6.84. The molecule has 0 fully saturated rings. The average molecular weight is 390 g/mol. The molecule has 6 heterocycles. The van der Waals surface area contributed by atoms with Crippen LogP contribution in [0.5, 0.6) is 0 Å². The standard InChI is InChI=1S/C22H14N8/c1-2-14(11-24-6-1)15-10-17-19(29-30-20(17)26-12-15)22-27-18-16(5-9-25-21(18)28-22)13-3-7-23-8-4-13/h1-12H,(H,25,27,28)(H,26,29,30). The molecule has 0 saturated carbocycles. The highest BCUT2D eigenvalue weighted by molar-refractivity contribution is 5.95. The van der Waals surface area contributed by atoms with Gasteiger partial charge in [-0.15, -0.1) is 0 Å². The predicted molar refractivity (Wildman–Crippen MR) is 113 cm³/mol. The van der Waals surface area contributed by atoms with E-state index in [1.807, 2.05) is 48.8 Å². The highest BCUT2D eigenvalue weighted by atomic mass is 15.2. The van der Waals surface area contributed by atoms with Crippen LogP contribution in [-0.2, 0) is 0 Å². The molecule has 6 aromatic rings. The molecule has 0 radical (unpaired) electrons. The number of rotatable bonds is 3. The van der Waals surface area contributed by atoms with E-state index in [-0.39, 0.29) is 0 Å². The molecule has 0 unspecified atom stereocenters. The van der Waals surface area contributed by atoms with E-state index in [1.54, 1.807) is 24.8 Å². The van der Waals surface area contributed by atoms with Gasteiger partial charge in [0, 0.05) is 53.9 Å². The second kappa shape index (κ2) is 6.56. The van der Waals surface area contributed by atoms with Crippen LogP contribution in [-0.4, -0.2) is 40.1 Å². The summed E-state index contributed by atoms with van der Waals surface area (Å²) in [7, 11) is 0. The molecule has 0 saturated heterocycles. The van der Waals surface area contributed by atoms with Crippen LogP contribution in [0, 0.1) is 0 Å². The number of pyridine rings is 4. The van der Waals surface area contributed by atoms with E-state index in [0.717, 1.165) is 33.2 Å². The number of aromatic nitrogens is 8. The summed E-state index contributed by atoms with van der Waals surface area (Å²) in [6.07, 6.45) is 10.7. The molecule has 0 bridgehead atoms. The first-order valence-electron chi connectivity index (χ1n) is 9.37. The van der Waals surface area contributed by atoms with Crippen molar-refractivity contribution < 1.29 is 0 Å². The first kappa shape index (κ1) is 16.5. The third-order valence-electron chi connectivity index (χ3n) is 5.01. The topological polar surface area (TPSA) is 109 Å². The maximum Gasteiger partial charge on any atom is 0.161 e. The molecule has 8 heteroatoms. The largest absolute Gasteiger partial charge is 0.321 e. The summed E-state index contributed by atoms with van der Waals surface area (Å²) in [5.74, 6) is 0.635. The molecule has 0 aliphatic heterocycles. The first-order chi connectivity index (χ1) is 14.9. The molecule has 6 rings (SSSR count). The first-order valence-corrected chi connectivity index (χ1v) is 9.37. The average Bonchev–Trinajstić information content (AvgIpc) is 3.43. The quantitative estimate of drug-likeness (QED) is 0.472. The van der Waals surface area contributed by atoms with Gasteiger partial charge in [0.2, 0.25) is 0 Å². The third kappa shape index (κ3) is 2.62. The summed E-state index contributed by atoms with van der Waals surface area (Å²) in [6.45, 7) is 0. The van der Waals surface area contributed by atoms with Gasteiger partial charge in [-0.1, -0.05) is 6.07 Å². The Morgan fingerprint density at radius 2 is 1.67 bits per heavy atom. The maximum absolute atomic E-state index is 4.82. The lowest BCUT2D eigenvalue weighted by Gasteiger charge is -2.01. The zero-order chi connectivity index (χ0) is 19.9. The Morgan fingerprint density at radius 1 is 0.733 bits per heavy atom. The van der Waals surface area contributed by atoms with Gasteiger partial charge in [-0.2, -0.15) is 5.10 Å². The lowest BCUT2D eigenvalue weighted by molar-refractivity contribution is 1.09. The van der Waals surface area contributed by atoms with Gasteiger partial charge < -0.3 is 4.98 Å². The molecule has 30 heavy (non-hydrogen) atoms. The number of hydrogen-bond donors (Lipinski definition) is 2. The van der Waals surface area contributed by atoms with E-state index < -0.39 is 0 Å². The van der Waals surface area contributed by atoms with Gasteiger partial charge in [0.25, 0.3) is 0 Å². The zero-order valence-electron chi connectivity index (χ0n) is 15.6. The van der Waals surface area contributed by atoms with Crippen LogP contribution in [0.4, 0.5) is 0 Å². The van der Waals surface area contributed by atoms with Crippen molar-refractivity contribution in [2.75, 3.05) is 0 Å². The van der Waals surface area contributed by atoms with Gasteiger partial charge in [0.1, 0.15) is 11.2 Å². The lowest BCUT2D eigenvalue weighted by atomic mass is 10.1. The van der Waals surface area contributed by atoms with Gasteiger partial charge in [0.05, 0.1) is 5.39 Å². The van der Waals surface area contributed by atoms with E-state index in [9.17, 15) is 0 Å². The van der Waals surface area contributed by atoms with Crippen molar-refractivity contribution >= 4 is 22.2 Å². The lowest BCUT2D eigenvalue weighted by Crippen LogP contribution is -1.85. The summed E-state index contributed by atoms with van der Waals surface area (Å²) >= 11 is 0. The zero-order valence-corrected chi connectivity index (χ0v) is 15.6. The van der Waals surface area contributed by atoms with Crippen LogP contribution in [0.3, 0.4) is 0 Å². The SMILES string of the molecule is c1cncc(-c2cnc3[nH]nc(-c4nc5c(-c6ccncc6)ccnc5[nH]4)c3c2)c1. The Bertz CT molecular complexity index is 1490. The van der Waals surface area contributed by atoms with Crippen molar-refractivity contribution in [1.82, 2.24) is 40.1 Å². The van der Waals surface area contributed by atoms with Crippen molar-refractivity contribution in [1.29, 1.82) is 0 Å². The second-order valence-corrected chi connectivity index (χ2v) is 6.81. The normalized spacial score (nSPS) is 11.3. The van der Waals surface area contributed by atoms with Crippen LogP contribution >= 0.6 is 0 Å². The third-order valence-corrected chi connectivity index (χ3v) is 5.01. The Labute approximate surface area is 170 Å². The summed E-state index contributed by atoms with van der Waals surface area (Å²) < 4.78 is 0. The van der Waals surface area contributed by atoms with Crippen LogP contribution < -0.4 is 0 Å². The summed E-state index contributed by atoms with van der Waals surface area (Å²) in [6, 6.07) is 11.8. The Hall–Kier alpha value is -4.46. The molecule has 0 aromatic carbocycles. The minimum absolute atomic E-state index is 0.635. The Kier molecular flexibility index (Phi) is 3.60. The molecule has 0 spiro atoms. The molecular weight excluding hydrogens is 376 g/mol. The minimum atomic E-state index is 0.635. The fourth-order valence-corrected chi connectivity index (χ4v) is 3.56. The monoisotopic (exact) mass is 390 g/mol. The number of nitrogens with zero attached hydrogens (tertiary/aromatic N) is 6. The highest BCUT2D eigenvalue weighted by Gasteiger charge is 2.17. The van der Waals surface area contributed by atoms with E-state index in [1.165, 1.54) is 0 Å². The predicted octanol–water partition coefficient (Wildman–Crippen LogP) is 4.02. The number of H-pyrrole nitrogens is 2. The van der Waals surface area contributed by atoms with Crippen LogP contribution in [0.15, 0.2) is 73.6 Å². The van der Waals surface area contributed by atoms with Gasteiger partial charge in [0.15, 0.2) is 17.1 Å². The second-order valence-electron chi connectivity index (χ2n) is 6.81. The molecule has 0 aliphatic rings. The van der Waals surface area contributed by atoms with Crippen molar-refractivity contribution in [2.45, 2.75) is 0 Å². The van der Waals surface area contributed by atoms with Crippen LogP contribution in [0.1, 0.15) is 0 Å². The number of nitrogens with one attached hydrogen (secondary N) is 2. The molecule has 0 atom stereocenters. The molecule has 8 nitrogen and oxygen atoms in total. The molecule has 6 aromatic heterocycles. The molecule has 2 N–H and O–H groups in total. The molecule has 142 valence electrons. The molecular formula is C22H14N8. The van der Waals surface area contributed by atoms with E-state index >= 15 is 0 Å².